The van der Waals surface area contributed by atoms with Gasteiger partial charge in [0, 0.05) is 33.2 Å². The molecule has 1 fully saturated rings. The fourth-order valence-electron chi connectivity index (χ4n) is 3.26. The van der Waals surface area contributed by atoms with Crippen LogP contribution < -0.4 is 10.6 Å². The van der Waals surface area contributed by atoms with Crippen LogP contribution in [0.25, 0.3) is 0 Å². The molecule has 0 bridgehead atoms. The van der Waals surface area contributed by atoms with Crippen molar-refractivity contribution < 1.29 is 4.74 Å². The normalized spacial score (nSPS) is 20.8. The first kappa shape index (κ1) is 18.4. The van der Waals surface area contributed by atoms with Crippen molar-refractivity contribution in [3.63, 3.8) is 0 Å². The molecule has 1 saturated heterocycles. The second-order valence-corrected chi connectivity index (χ2v) is 6.77. The molecule has 2 unspecified atom stereocenters. The quantitative estimate of drug-likeness (QED) is 0.633. The number of hydrogen-bond acceptors (Lipinski definition) is 4. The zero-order valence-electron chi connectivity index (χ0n) is 15.8. The zero-order valence-corrected chi connectivity index (χ0v) is 15.8. The Balaban J connectivity index is 1.57. The van der Waals surface area contributed by atoms with Crippen molar-refractivity contribution in [1.29, 1.82) is 0 Å². The van der Waals surface area contributed by atoms with E-state index in [-0.39, 0.29) is 6.10 Å². The van der Waals surface area contributed by atoms with Crippen LogP contribution in [0.3, 0.4) is 0 Å². The fraction of sp³-hybridized carbons (Fsp3) is 0.526. The zero-order chi connectivity index (χ0) is 18.4. The van der Waals surface area contributed by atoms with E-state index in [1.54, 1.807) is 13.4 Å². The fourth-order valence-corrected chi connectivity index (χ4v) is 3.26. The first-order valence-electron chi connectivity index (χ1n) is 9.13. The summed E-state index contributed by atoms with van der Waals surface area (Å²) < 4.78 is 7.99. The van der Waals surface area contributed by atoms with Gasteiger partial charge in [0.1, 0.15) is 6.33 Å². The molecule has 0 saturated carbocycles. The van der Waals surface area contributed by atoms with Gasteiger partial charge in [-0.25, -0.2) is 0 Å². The molecule has 0 spiro atoms. The lowest BCUT2D eigenvalue weighted by Crippen LogP contribution is -2.41. The smallest absolute Gasteiger partial charge is 0.191 e. The number of benzene rings is 1. The number of aromatic nitrogens is 3. The average molecular weight is 356 g/mol. The van der Waals surface area contributed by atoms with Gasteiger partial charge in [0.15, 0.2) is 11.8 Å². The largest absolute Gasteiger partial charge is 0.373 e. The minimum absolute atomic E-state index is 0.133. The number of aliphatic imine (C=N–C) groups is 1. The Morgan fingerprint density at radius 1 is 1.31 bits per heavy atom. The van der Waals surface area contributed by atoms with E-state index in [2.05, 4.69) is 57.0 Å². The molecule has 1 aromatic carbocycles. The Labute approximate surface area is 154 Å². The van der Waals surface area contributed by atoms with Gasteiger partial charge in [0.2, 0.25) is 0 Å². The molecule has 2 heterocycles. The van der Waals surface area contributed by atoms with Gasteiger partial charge in [-0.3, -0.25) is 4.99 Å². The van der Waals surface area contributed by atoms with Gasteiger partial charge in [-0.05, 0) is 25.3 Å². The van der Waals surface area contributed by atoms with Crippen molar-refractivity contribution in [1.82, 2.24) is 25.4 Å². The van der Waals surface area contributed by atoms with Gasteiger partial charge >= 0.3 is 0 Å². The second kappa shape index (κ2) is 8.80. The third kappa shape index (κ3) is 4.60. The summed E-state index contributed by atoms with van der Waals surface area (Å²) in [6.45, 7) is 4.33. The highest BCUT2D eigenvalue weighted by molar-refractivity contribution is 5.79. The van der Waals surface area contributed by atoms with Crippen molar-refractivity contribution in [3.05, 3.63) is 47.5 Å². The lowest BCUT2D eigenvalue weighted by molar-refractivity contribution is -0.0265. The lowest BCUT2D eigenvalue weighted by Gasteiger charge is -2.32. The van der Waals surface area contributed by atoms with Crippen molar-refractivity contribution in [2.24, 2.45) is 18.0 Å². The van der Waals surface area contributed by atoms with Gasteiger partial charge < -0.3 is 19.9 Å². The maximum absolute atomic E-state index is 6.10. The van der Waals surface area contributed by atoms with Crippen LogP contribution in [0.2, 0.25) is 0 Å². The third-order valence-electron chi connectivity index (χ3n) is 4.83. The summed E-state index contributed by atoms with van der Waals surface area (Å²) in [5.41, 5.74) is 2.52. The van der Waals surface area contributed by atoms with E-state index in [0.29, 0.717) is 12.5 Å². The minimum Gasteiger partial charge on any atom is -0.373 e. The van der Waals surface area contributed by atoms with Crippen LogP contribution in [0.1, 0.15) is 35.9 Å². The summed E-state index contributed by atoms with van der Waals surface area (Å²) in [6.07, 6.45) is 4.07. The molecule has 0 radical (unpaired) electrons. The van der Waals surface area contributed by atoms with E-state index in [1.165, 1.54) is 11.1 Å². The average Bonchev–Trinajstić information content (AvgIpc) is 3.08. The molecule has 7 heteroatoms. The highest BCUT2D eigenvalue weighted by Gasteiger charge is 2.27. The molecule has 1 aliphatic rings. The molecule has 1 aromatic heterocycles. The molecule has 7 nitrogen and oxygen atoms in total. The number of aryl methyl sites for hydroxylation is 2. The first-order valence-corrected chi connectivity index (χ1v) is 9.13. The molecule has 3 rings (SSSR count). The van der Waals surface area contributed by atoms with Gasteiger partial charge in [0.25, 0.3) is 0 Å². The van der Waals surface area contributed by atoms with E-state index in [4.69, 9.17) is 4.74 Å². The summed E-state index contributed by atoms with van der Waals surface area (Å²) in [5, 5.41) is 14.7. The molecular formula is C19H28N6O. The van der Waals surface area contributed by atoms with Crippen LogP contribution in [0.4, 0.5) is 0 Å². The summed E-state index contributed by atoms with van der Waals surface area (Å²) >= 11 is 0. The summed E-state index contributed by atoms with van der Waals surface area (Å²) in [7, 11) is 3.71. The monoisotopic (exact) mass is 356 g/mol. The van der Waals surface area contributed by atoms with E-state index < -0.39 is 0 Å². The van der Waals surface area contributed by atoms with Crippen LogP contribution >= 0.6 is 0 Å². The molecule has 26 heavy (non-hydrogen) atoms. The highest BCUT2D eigenvalue weighted by atomic mass is 16.5. The molecular weight excluding hydrogens is 328 g/mol. The molecule has 2 aromatic rings. The summed E-state index contributed by atoms with van der Waals surface area (Å²) in [4.78, 5) is 4.31. The van der Waals surface area contributed by atoms with Gasteiger partial charge in [0.05, 0.1) is 12.6 Å². The second-order valence-electron chi connectivity index (χ2n) is 6.77. The third-order valence-corrected chi connectivity index (χ3v) is 4.83. The molecule has 1 aliphatic heterocycles. The Hall–Kier alpha value is -2.41. The lowest BCUT2D eigenvalue weighted by atomic mass is 9.89. The van der Waals surface area contributed by atoms with E-state index in [0.717, 1.165) is 37.8 Å². The van der Waals surface area contributed by atoms with Crippen molar-refractivity contribution in [2.75, 3.05) is 20.2 Å². The van der Waals surface area contributed by atoms with Crippen LogP contribution in [0.15, 0.2) is 35.6 Å². The van der Waals surface area contributed by atoms with Gasteiger partial charge in [-0.15, -0.1) is 10.2 Å². The highest BCUT2D eigenvalue weighted by Crippen LogP contribution is 2.33. The van der Waals surface area contributed by atoms with Crippen LogP contribution in [-0.4, -0.2) is 40.9 Å². The van der Waals surface area contributed by atoms with E-state index in [1.807, 2.05) is 11.6 Å². The molecule has 2 N–H and O–H groups in total. The van der Waals surface area contributed by atoms with Crippen molar-refractivity contribution >= 4 is 5.96 Å². The molecule has 0 amide bonds. The van der Waals surface area contributed by atoms with E-state index in [9.17, 15) is 0 Å². The number of rotatable bonds is 5. The summed E-state index contributed by atoms with van der Waals surface area (Å²) in [5.74, 6) is 2.05. The van der Waals surface area contributed by atoms with Gasteiger partial charge in [-0.1, -0.05) is 29.8 Å². The Morgan fingerprint density at radius 2 is 2.12 bits per heavy atom. The van der Waals surface area contributed by atoms with Crippen molar-refractivity contribution in [2.45, 2.75) is 32.4 Å². The number of nitrogens with zero attached hydrogens (tertiary/aromatic N) is 4. The number of ether oxygens (including phenoxy) is 1. The van der Waals surface area contributed by atoms with Gasteiger partial charge in [-0.2, -0.15) is 0 Å². The first-order chi connectivity index (χ1) is 12.7. The van der Waals surface area contributed by atoms with Crippen molar-refractivity contribution in [3.8, 4) is 0 Å². The Bertz CT molecular complexity index is 724. The predicted octanol–water partition coefficient (Wildman–Crippen LogP) is 1.96. The Morgan fingerprint density at radius 3 is 2.81 bits per heavy atom. The Kier molecular flexibility index (Phi) is 6.22. The van der Waals surface area contributed by atoms with Crippen LogP contribution in [0.5, 0.6) is 0 Å². The topological polar surface area (TPSA) is 76.4 Å². The molecule has 0 aliphatic carbocycles. The number of nitrogens with one attached hydrogen (secondary N) is 2. The molecule has 140 valence electrons. The number of hydrogen-bond donors (Lipinski definition) is 2. The molecule has 2 atom stereocenters. The summed E-state index contributed by atoms with van der Waals surface area (Å²) in [6, 6.07) is 8.66. The maximum Gasteiger partial charge on any atom is 0.191 e. The maximum atomic E-state index is 6.10. The SMILES string of the molecule is CN=C(NCc1nncn1C)NCC1CCCOC1c1ccc(C)cc1. The van der Waals surface area contributed by atoms with E-state index >= 15 is 0 Å². The minimum atomic E-state index is 0.133. The predicted molar refractivity (Wildman–Crippen MR) is 102 cm³/mol. The van der Waals surface area contributed by atoms with Crippen LogP contribution in [0, 0.1) is 12.8 Å². The standard InChI is InChI=1S/C19H28N6O/c1-14-6-8-15(9-7-14)18-16(5-4-10-26-18)11-21-19(20-2)22-12-17-24-23-13-25(17)3/h6-9,13,16,18H,4-5,10-12H2,1-3H3,(H2,20,21,22). The number of guanidine groups is 1. The van der Waals surface area contributed by atoms with Crippen LogP contribution in [-0.2, 0) is 18.3 Å².